The van der Waals surface area contributed by atoms with Crippen LogP contribution < -0.4 is 0 Å². The molecular weight excluding hydrogens is 262 g/mol. The van der Waals surface area contributed by atoms with Gasteiger partial charge in [0.1, 0.15) is 24.0 Å². The zero-order valence-electron chi connectivity index (χ0n) is 10.7. The Kier molecular flexibility index (Phi) is 4.80. The van der Waals surface area contributed by atoms with Crippen LogP contribution in [0, 0.1) is 0 Å². The van der Waals surface area contributed by atoms with E-state index >= 15 is 0 Å². The summed E-state index contributed by atoms with van der Waals surface area (Å²) < 4.78 is 0. The van der Waals surface area contributed by atoms with Crippen molar-refractivity contribution < 1.29 is 20.4 Å². The summed E-state index contributed by atoms with van der Waals surface area (Å²) in [4.78, 5) is 1.38. The van der Waals surface area contributed by atoms with E-state index in [0.29, 0.717) is 6.54 Å². The fraction of sp³-hybridized carbons (Fsp3) is 0.385. The van der Waals surface area contributed by atoms with Gasteiger partial charge < -0.3 is 20.4 Å². The number of aliphatic hydroxyl groups is 4. The number of hydrogen-bond donors (Lipinski definition) is 4. The van der Waals surface area contributed by atoms with Crippen molar-refractivity contribution in [1.29, 1.82) is 0 Å². The maximum absolute atomic E-state index is 9.83. The molecule has 0 fully saturated rings. The summed E-state index contributed by atoms with van der Waals surface area (Å²) in [5.74, 6) is 0. The van der Waals surface area contributed by atoms with E-state index < -0.39 is 24.9 Å². The van der Waals surface area contributed by atoms with Crippen molar-refractivity contribution in [2.45, 2.75) is 24.9 Å². The number of rotatable bonds is 6. The lowest BCUT2D eigenvalue weighted by Crippen LogP contribution is -2.35. The van der Waals surface area contributed by atoms with Gasteiger partial charge in [0.2, 0.25) is 0 Å². The summed E-state index contributed by atoms with van der Waals surface area (Å²) in [6, 6.07) is 9.54. The molecule has 0 aliphatic rings. The van der Waals surface area contributed by atoms with Gasteiger partial charge in [-0.2, -0.15) is 15.0 Å². The van der Waals surface area contributed by atoms with Crippen LogP contribution in [0.4, 0.5) is 0 Å². The van der Waals surface area contributed by atoms with E-state index in [0.717, 1.165) is 5.56 Å². The third kappa shape index (κ3) is 3.40. The highest BCUT2D eigenvalue weighted by molar-refractivity contribution is 5.14. The minimum atomic E-state index is -1.51. The zero-order chi connectivity index (χ0) is 14.5. The molecular formula is C13H17N3O4. The van der Waals surface area contributed by atoms with Crippen LogP contribution in [0.15, 0.2) is 36.5 Å². The van der Waals surface area contributed by atoms with Crippen LogP contribution >= 0.6 is 0 Å². The molecule has 1 heterocycles. The second-order valence-corrected chi connectivity index (χ2v) is 4.47. The number of hydrogen-bond acceptors (Lipinski definition) is 6. The largest absolute Gasteiger partial charge is 0.394 e. The van der Waals surface area contributed by atoms with Gasteiger partial charge in [0.25, 0.3) is 0 Å². The van der Waals surface area contributed by atoms with Crippen LogP contribution in [0.1, 0.15) is 17.4 Å². The molecule has 0 unspecified atom stereocenters. The van der Waals surface area contributed by atoms with E-state index in [4.69, 9.17) is 5.11 Å². The molecule has 0 amide bonds. The lowest BCUT2D eigenvalue weighted by molar-refractivity contribution is -0.0790. The topological polar surface area (TPSA) is 112 Å². The molecule has 0 aliphatic carbocycles. The van der Waals surface area contributed by atoms with Crippen LogP contribution in [0.2, 0.25) is 0 Å². The van der Waals surface area contributed by atoms with E-state index in [1.54, 1.807) is 0 Å². The van der Waals surface area contributed by atoms with E-state index in [2.05, 4.69) is 10.2 Å². The molecule has 4 N–H and O–H groups in total. The standard InChI is InChI=1S/C13H17N3O4/c17-8-11(18)13(20)12(19)10-6-14-16(15-10)7-9-4-2-1-3-5-9/h1-6,11-13,17-20H,7-8H2/t11-,12+,13-/m0/s1. The molecule has 2 rings (SSSR count). The van der Waals surface area contributed by atoms with Gasteiger partial charge in [-0.1, -0.05) is 30.3 Å². The van der Waals surface area contributed by atoms with Gasteiger partial charge in [-0.25, -0.2) is 0 Å². The highest BCUT2D eigenvalue weighted by atomic mass is 16.4. The summed E-state index contributed by atoms with van der Waals surface area (Å²) in [7, 11) is 0. The summed E-state index contributed by atoms with van der Waals surface area (Å²) in [5, 5.41) is 45.5. The summed E-state index contributed by atoms with van der Waals surface area (Å²) in [6.45, 7) is -0.206. The van der Waals surface area contributed by atoms with Crippen LogP contribution in [0.5, 0.6) is 0 Å². The predicted octanol–water partition coefficient (Wildman–Crippen LogP) is -0.926. The van der Waals surface area contributed by atoms with Crippen molar-refractivity contribution in [2.75, 3.05) is 6.61 Å². The van der Waals surface area contributed by atoms with Gasteiger partial charge in [0.15, 0.2) is 0 Å². The lowest BCUT2D eigenvalue weighted by atomic mass is 10.1. The Labute approximate surface area is 115 Å². The summed E-state index contributed by atoms with van der Waals surface area (Å²) in [6.07, 6.45) is -3.02. The van der Waals surface area contributed by atoms with Crippen molar-refractivity contribution >= 4 is 0 Å². The molecule has 0 saturated heterocycles. The first-order valence-corrected chi connectivity index (χ1v) is 6.21. The van der Waals surface area contributed by atoms with Crippen molar-refractivity contribution in [3.05, 3.63) is 47.8 Å². The Morgan fingerprint density at radius 2 is 1.80 bits per heavy atom. The van der Waals surface area contributed by atoms with Crippen LogP contribution in [0.25, 0.3) is 0 Å². The fourth-order valence-corrected chi connectivity index (χ4v) is 1.76. The van der Waals surface area contributed by atoms with E-state index in [1.807, 2.05) is 30.3 Å². The minimum absolute atomic E-state index is 0.140. The average Bonchev–Trinajstić information content (AvgIpc) is 2.94. The highest BCUT2D eigenvalue weighted by Crippen LogP contribution is 2.16. The van der Waals surface area contributed by atoms with Crippen LogP contribution in [-0.2, 0) is 6.54 Å². The number of nitrogens with zero attached hydrogens (tertiary/aromatic N) is 3. The molecule has 0 saturated carbocycles. The smallest absolute Gasteiger partial charge is 0.128 e. The quantitative estimate of drug-likeness (QED) is 0.544. The Hall–Kier alpha value is -1.80. The van der Waals surface area contributed by atoms with Gasteiger partial charge >= 0.3 is 0 Å². The van der Waals surface area contributed by atoms with Gasteiger partial charge in [0.05, 0.1) is 19.3 Å². The Balaban J connectivity index is 2.05. The SMILES string of the molecule is OC[C@H](O)[C@H](O)[C@H](O)c1cnn(Cc2ccccc2)n1. The Morgan fingerprint density at radius 1 is 1.10 bits per heavy atom. The number of benzene rings is 1. The van der Waals surface area contributed by atoms with Gasteiger partial charge in [0, 0.05) is 0 Å². The Bertz CT molecular complexity index is 531. The lowest BCUT2D eigenvalue weighted by Gasteiger charge is -2.19. The molecule has 108 valence electrons. The molecule has 1 aromatic heterocycles. The van der Waals surface area contributed by atoms with Gasteiger partial charge in [-0.05, 0) is 5.56 Å². The normalized spacial score (nSPS) is 15.8. The molecule has 0 aliphatic heterocycles. The first-order valence-electron chi connectivity index (χ1n) is 6.21. The molecule has 0 bridgehead atoms. The summed E-state index contributed by atoms with van der Waals surface area (Å²) >= 11 is 0. The van der Waals surface area contributed by atoms with Crippen LogP contribution in [-0.4, -0.2) is 54.2 Å². The molecule has 0 radical (unpaired) electrons. The first kappa shape index (κ1) is 14.6. The third-order valence-corrected chi connectivity index (χ3v) is 2.93. The summed E-state index contributed by atoms with van der Waals surface area (Å²) in [5.41, 5.74) is 1.14. The molecule has 1 aromatic carbocycles. The second-order valence-electron chi connectivity index (χ2n) is 4.47. The monoisotopic (exact) mass is 279 g/mol. The Morgan fingerprint density at radius 3 is 2.45 bits per heavy atom. The number of aliphatic hydroxyl groups excluding tert-OH is 4. The second kappa shape index (κ2) is 6.58. The maximum Gasteiger partial charge on any atom is 0.128 e. The molecule has 0 spiro atoms. The maximum atomic E-state index is 9.83. The van der Waals surface area contributed by atoms with Gasteiger partial charge in [-0.3, -0.25) is 0 Å². The van der Waals surface area contributed by atoms with Crippen molar-refractivity contribution in [1.82, 2.24) is 15.0 Å². The van der Waals surface area contributed by atoms with E-state index in [-0.39, 0.29) is 5.69 Å². The first-order chi connectivity index (χ1) is 9.61. The molecule has 7 nitrogen and oxygen atoms in total. The van der Waals surface area contributed by atoms with Crippen molar-refractivity contribution in [2.24, 2.45) is 0 Å². The van der Waals surface area contributed by atoms with E-state index in [1.165, 1.54) is 11.0 Å². The highest BCUT2D eigenvalue weighted by Gasteiger charge is 2.27. The molecule has 20 heavy (non-hydrogen) atoms. The predicted molar refractivity (Wildman–Crippen MR) is 69.6 cm³/mol. The third-order valence-electron chi connectivity index (χ3n) is 2.93. The minimum Gasteiger partial charge on any atom is -0.394 e. The zero-order valence-corrected chi connectivity index (χ0v) is 10.7. The molecule has 2 aromatic rings. The number of aromatic nitrogens is 3. The molecule has 7 heteroatoms. The van der Waals surface area contributed by atoms with Crippen LogP contribution in [0.3, 0.4) is 0 Å². The van der Waals surface area contributed by atoms with Gasteiger partial charge in [-0.15, -0.1) is 0 Å². The average molecular weight is 279 g/mol. The fourth-order valence-electron chi connectivity index (χ4n) is 1.76. The van der Waals surface area contributed by atoms with Crippen molar-refractivity contribution in [3.63, 3.8) is 0 Å². The van der Waals surface area contributed by atoms with Crippen molar-refractivity contribution in [3.8, 4) is 0 Å². The molecule has 3 atom stereocenters. The van der Waals surface area contributed by atoms with E-state index in [9.17, 15) is 15.3 Å².